The van der Waals surface area contributed by atoms with E-state index in [0.29, 0.717) is 18.0 Å². The maximum Gasteiger partial charge on any atom is 0.241 e. The number of hydrogen-bond acceptors (Lipinski definition) is 3. The highest BCUT2D eigenvalue weighted by molar-refractivity contribution is 7.89. The van der Waals surface area contributed by atoms with E-state index in [1.165, 1.54) is 0 Å². The lowest BCUT2D eigenvalue weighted by molar-refractivity contribution is -0.130. The first-order valence-electron chi connectivity index (χ1n) is 7.58. The Morgan fingerprint density at radius 2 is 1.59 bits per heavy atom. The van der Waals surface area contributed by atoms with Crippen LogP contribution in [0.3, 0.4) is 0 Å². The van der Waals surface area contributed by atoms with Crippen LogP contribution >= 0.6 is 0 Å². The summed E-state index contributed by atoms with van der Waals surface area (Å²) in [6, 6.07) is 3.70. The van der Waals surface area contributed by atoms with Gasteiger partial charge in [0, 0.05) is 26.1 Å². The van der Waals surface area contributed by atoms with Gasteiger partial charge in [-0.05, 0) is 45.7 Å². The number of aryl methyl sites for hydroxylation is 3. The van der Waals surface area contributed by atoms with E-state index in [4.69, 9.17) is 0 Å². The molecule has 0 heterocycles. The highest BCUT2D eigenvalue weighted by Gasteiger charge is 2.20. The summed E-state index contributed by atoms with van der Waals surface area (Å²) in [6.07, 6.45) is 0.171. The van der Waals surface area contributed by atoms with Gasteiger partial charge in [-0.25, -0.2) is 13.1 Å². The normalized spacial score (nSPS) is 11.5. The van der Waals surface area contributed by atoms with Crippen molar-refractivity contribution in [3.63, 3.8) is 0 Å². The Labute approximate surface area is 133 Å². The fourth-order valence-corrected chi connectivity index (χ4v) is 4.17. The summed E-state index contributed by atoms with van der Waals surface area (Å²) in [5, 5.41) is 0. The second kappa shape index (κ2) is 7.74. The molecule has 1 amide bonds. The molecule has 0 aliphatic carbocycles. The highest BCUT2D eigenvalue weighted by atomic mass is 32.2. The van der Waals surface area contributed by atoms with Crippen molar-refractivity contribution in [2.75, 3.05) is 19.6 Å². The number of amides is 1. The Morgan fingerprint density at radius 3 is 2.05 bits per heavy atom. The van der Waals surface area contributed by atoms with Gasteiger partial charge in [0.1, 0.15) is 0 Å². The van der Waals surface area contributed by atoms with Crippen LogP contribution in [-0.2, 0) is 14.8 Å². The zero-order chi connectivity index (χ0) is 16.9. The molecule has 0 saturated heterocycles. The molecule has 1 aromatic carbocycles. The van der Waals surface area contributed by atoms with Crippen LogP contribution in [0.5, 0.6) is 0 Å². The smallest absolute Gasteiger partial charge is 0.241 e. The number of carbonyl (C=O) groups is 1. The minimum Gasteiger partial charge on any atom is -0.343 e. The molecule has 1 aromatic rings. The van der Waals surface area contributed by atoms with E-state index in [-0.39, 0.29) is 18.9 Å². The third-order valence-corrected chi connectivity index (χ3v) is 5.39. The van der Waals surface area contributed by atoms with Gasteiger partial charge in [0.2, 0.25) is 15.9 Å². The van der Waals surface area contributed by atoms with Crippen LogP contribution in [0.15, 0.2) is 17.0 Å². The van der Waals surface area contributed by atoms with Crippen molar-refractivity contribution in [2.45, 2.75) is 45.9 Å². The summed E-state index contributed by atoms with van der Waals surface area (Å²) in [7, 11) is -3.59. The van der Waals surface area contributed by atoms with Crippen molar-refractivity contribution in [2.24, 2.45) is 0 Å². The third kappa shape index (κ3) is 4.55. The average molecular weight is 326 g/mol. The Kier molecular flexibility index (Phi) is 6.56. The van der Waals surface area contributed by atoms with Gasteiger partial charge in [-0.15, -0.1) is 0 Å². The summed E-state index contributed by atoms with van der Waals surface area (Å²) in [6.45, 7) is 10.7. The minimum atomic E-state index is -3.59. The van der Waals surface area contributed by atoms with E-state index in [9.17, 15) is 13.2 Å². The summed E-state index contributed by atoms with van der Waals surface area (Å²) in [5.74, 6) is -0.0370. The molecule has 6 heteroatoms. The predicted octanol–water partition coefficient (Wildman–Crippen LogP) is 2.15. The van der Waals surface area contributed by atoms with Gasteiger partial charge in [0.15, 0.2) is 0 Å². The second-order valence-electron chi connectivity index (χ2n) is 5.44. The number of rotatable bonds is 7. The standard InChI is InChI=1S/C16H26N2O3S/c1-6-18(7-2)15(19)8-9-17-22(20,21)16-13(4)10-12(3)11-14(16)5/h10-11,17H,6-9H2,1-5H3. The van der Waals surface area contributed by atoms with Crippen LogP contribution in [0.2, 0.25) is 0 Å². The SMILES string of the molecule is CCN(CC)C(=O)CCNS(=O)(=O)c1c(C)cc(C)cc1C. The van der Waals surface area contributed by atoms with Crippen LogP contribution in [0, 0.1) is 20.8 Å². The van der Waals surface area contributed by atoms with Gasteiger partial charge in [0.05, 0.1) is 4.90 Å². The fourth-order valence-electron chi connectivity index (χ4n) is 2.69. The summed E-state index contributed by atoms with van der Waals surface area (Å²) >= 11 is 0. The second-order valence-corrected chi connectivity index (χ2v) is 7.15. The third-order valence-electron chi connectivity index (χ3n) is 3.62. The number of nitrogens with one attached hydrogen (secondary N) is 1. The Bertz CT molecular complexity index is 612. The van der Waals surface area contributed by atoms with Crippen LogP contribution in [0.25, 0.3) is 0 Å². The van der Waals surface area contributed by atoms with E-state index in [1.807, 2.05) is 32.9 Å². The number of hydrogen-bond donors (Lipinski definition) is 1. The van der Waals surface area contributed by atoms with Crippen LogP contribution in [0.1, 0.15) is 37.0 Å². The van der Waals surface area contributed by atoms with Crippen LogP contribution in [-0.4, -0.2) is 38.9 Å². The first-order chi connectivity index (χ1) is 10.2. The van der Waals surface area contributed by atoms with Gasteiger partial charge in [-0.3, -0.25) is 4.79 Å². The number of nitrogens with zero attached hydrogens (tertiary/aromatic N) is 1. The van der Waals surface area contributed by atoms with E-state index in [1.54, 1.807) is 18.7 Å². The lowest BCUT2D eigenvalue weighted by Crippen LogP contribution is -2.34. The molecule has 1 rings (SSSR count). The Morgan fingerprint density at radius 1 is 1.09 bits per heavy atom. The molecule has 0 saturated carbocycles. The lowest BCUT2D eigenvalue weighted by atomic mass is 10.1. The highest BCUT2D eigenvalue weighted by Crippen LogP contribution is 2.21. The van der Waals surface area contributed by atoms with Crippen molar-refractivity contribution in [1.82, 2.24) is 9.62 Å². The maximum atomic E-state index is 12.4. The Hall–Kier alpha value is -1.40. The Balaban J connectivity index is 2.80. The molecule has 0 spiro atoms. The topological polar surface area (TPSA) is 66.5 Å². The van der Waals surface area contributed by atoms with Crippen LogP contribution in [0.4, 0.5) is 0 Å². The van der Waals surface area contributed by atoms with E-state index >= 15 is 0 Å². The zero-order valence-corrected chi connectivity index (χ0v) is 14.9. The van der Waals surface area contributed by atoms with E-state index in [2.05, 4.69) is 4.72 Å². The van der Waals surface area contributed by atoms with Gasteiger partial charge in [-0.1, -0.05) is 17.7 Å². The first-order valence-corrected chi connectivity index (χ1v) is 9.06. The van der Waals surface area contributed by atoms with Crippen molar-refractivity contribution in [3.8, 4) is 0 Å². The number of benzene rings is 1. The molecule has 124 valence electrons. The quantitative estimate of drug-likeness (QED) is 0.835. The molecule has 1 N–H and O–H groups in total. The zero-order valence-electron chi connectivity index (χ0n) is 14.1. The molecular formula is C16H26N2O3S. The van der Waals surface area contributed by atoms with Gasteiger partial charge < -0.3 is 4.90 Å². The van der Waals surface area contributed by atoms with Gasteiger partial charge in [-0.2, -0.15) is 0 Å². The summed E-state index contributed by atoms with van der Waals surface area (Å²) in [5.41, 5.74) is 2.48. The molecule has 0 fully saturated rings. The molecule has 0 aromatic heterocycles. The molecule has 0 aliphatic rings. The summed E-state index contributed by atoms with van der Waals surface area (Å²) in [4.78, 5) is 13.9. The van der Waals surface area contributed by atoms with Gasteiger partial charge >= 0.3 is 0 Å². The van der Waals surface area contributed by atoms with Crippen LogP contribution < -0.4 is 4.72 Å². The lowest BCUT2D eigenvalue weighted by Gasteiger charge is -2.19. The average Bonchev–Trinajstić information content (AvgIpc) is 2.38. The van der Waals surface area contributed by atoms with Crippen molar-refractivity contribution >= 4 is 15.9 Å². The molecule has 0 radical (unpaired) electrons. The molecule has 0 atom stereocenters. The van der Waals surface area contributed by atoms with Crippen molar-refractivity contribution in [3.05, 3.63) is 28.8 Å². The molecule has 5 nitrogen and oxygen atoms in total. The van der Waals surface area contributed by atoms with Crippen molar-refractivity contribution < 1.29 is 13.2 Å². The first kappa shape index (κ1) is 18.6. The largest absolute Gasteiger partial charge is 0.343 e. The monoisotopic (exact) mass is 326 g/mol. The number of carbonyl (C=O) groups excluding carboxylic acids is 1. The fraction of sp³-hybridized carbons (Fsp3) is 0.562. The maximum absolute atomic E-state index is 12.4. The molecular weight excluding hydrogens is 300 g/mol. The van der Waals surface area contributed by atoms with E-state index < -0.39 is 10.0 Å². The van der Waals surface area contributed by atoms with E-state index in [0.717, 1.165) is 16.7 Å². The molecule has 0 unspecified atom stereocenters. The predicted molar refractivity (Wildman–Crippen MR) is 88.4 cm³/mol. The molecule has 22 heavy (non-hydrogen) atoms. The van der Waals surface area contributed by atoms with Gasteiger partial charge in [0.25, 0.3) is 0 Å². The molecule has 0 aliphatic heterocycles. The summed E-state index contributed by atoms with van der Waals surface area (Å²) < 4.78 is 27.4. The van der Waals surface area contributed by atoms with Crippen molar-refractivity contribution in [1.29, 1.82) is 0 Å². The minimum absolute atomic E-state index is 0.0370. The molecule has 0 bridgehead atoms. The number of sulfonamides is 1.